The number of carbonyl (C=O) groups excluding carboxylic acids is 1. The number of ketones is 1. The van der Waals surface area contributed by atoms with Crippen molar-refractivity contribution >= 4 is 28.9 Å². The first kappa shape index (κ1) is 28.1. The Morgan fingerprint density at radius 3 is 2.54 bits per heavy atom. The van der Waals surface area contributed by atoms with Crippen molar-refractivity contribution in [3.05, 3.63) is 121 Å². The van der Waals surface area contributed by atoms with Crippen molar-refractivity contribution in [1.29, 1.82) is 5.26 Å². The van der Waals surface area contributed by atoms with E-state index in [1.54, 1.807) is 34.9 Å². The molecule has 0 saturated heterocycles. The maximum absolute atomic E-state index is 13.6. The molecule has 1 atom stereocenters. The number of hydrogen-bond acceptors (Lipinski definition) is 7. The Hall–Kier alpha value is -4.42. The van der Waals surface area contributed by atoms with E-state index in [0.717, 1.165) is 32.7 Å². The average Bonchev–Trinajstić information content (AvgIpc) is 2.94. The number of carbonyl (C=O) groups is 1. The zero-order valence-corrected chi connectivity index (χ0v) is 23.8. The molecular weight excluding hydrogens is 539 g/mol. The van der Waals surface area contributed by atoms with Crippen LogP contribution >= 0.6 is 11.8 Å². The molecule has 41 heavy (non-hydrogen) atoms. The summed E-state index contributed by atoms with van der Waals surface area (Å²) in [6.45, 7) is 5.80. The fourth-order valence-corrected chi connectivity index (χ4v) is 6.68. The second-order valence-corrected chi connectivity index (χ2v) is 11.5. The molecule has 1 aliphatic carbocycles. The van der Waals surface area contributed by atoms with E-state index in [9.17, 15) is 24.6 Å². The van der Waals surface area contributed by atoms with Gasteiger partial charge >= 0.3 is 0 Å². The molecule has 0 fully saturated rings. The zero-order valence-electron chi connectivity index (χ0n) is 23.0. The topological polar surface area (TPSA) is 113 Å². The number of nitrogens with zero attached hydrogens (tertiary/aromatic N) is 3. The summed E-state index contributed by atoms with van der Waals surface area (Å²) in [5, 5.41) is 22.0. The molecule has 7 nitrogen and oxygen atoms in total. The van der Waals surface area contributed by atoms with Crippen LogP contribution in [0.3, 0.4) is 0 Å². The van der Waals surface area contributed by atoms with Crippen LogP contribution in [0.2, 0.25) is 0 Å². The number of allylic oxidation sites excluding steroid dienone is 3. The van der Waals surface area contributed by atoms with E-state index < -0.39 is 10.8 Å². The number of rotatable bonds is 6. The van der Waals surface area contributed by atoms with E-state index in [0.29, 0.717) is 42.0 Å². The molecule has 9 heteroatoms. The second kappa shape index (κ2) is 11.2. The Balaban J connectivity index is 1.66. The number of anilines is 1. The molecular formula is C32H29FN4O3S. The third kappa shape index (κ3) is 5.23. The van der Waals surface area contributed by atoms with Gasteiger partial charge in [-0.3, -0.25) is 19.8 Å². The largest absolute Gasteiger partial charge is 0.384 e. The maximum Gasteiger partial charge on any atom is 0.271 e. The number of Topliss-reactive ketones (excluding diaryl/α,β-unsaturated/α-hetero) is 1. The van der Waals surface area contributed by atoms with Gasteiger partial charge in [0.25, 0.3) is 5.69 Å². The van der Waals surface area contributed by atoms with Crippen LogP contribution in [0, 0.1) is 48.0 Å². The van der Waals surface area contributed by atoms with Crippen molar-refractivity contribution in [2.45, 2.75) is 56.6 Å². The minimum absolute atomic E-state index is 0.0484. The first-order valence-corrected chi connectivity index (χ1v) is 14.3. The van der Waals surface area contributed by atoms with Gasteiger partial charge in [0.05, 0.1) is 28.2 Å². The van der Waals surface area contributed by atoms with Gasteiger partial charge in [-0.15, -0.1) is 11.8 Å². The molecule has 0 amide bonds. The molecule has 0 saturated carbocycles. The normalized spacial score (nSPS) is 17.0. The van der Waals surface area contributed by atoms with Crippen LogP contribution in [-0.2, 0) is 10.5 Å². The van der Waals surface area contributed by atoms with Crippen LogP contribution < -0.4 is 10.6 Å². The summed E-state index contributed by atoms with van der Waals surface area (Å²) in [6, 6.07) is 17.3. The summed E-state index contributed by atoms with van der Waals surface area (Å²) < 4.78 is 13.4. The van der Waals surface area contributed by atoms with Crippen LogP contribution in [0.15, 0.2) is 82.2 Å². The van der Waals surface area contributed by atoms with Crippen LogP contribution in [-0.4, -0.2) is 10.7 Å². The molecule has 3 aromatic rings. The molecule has 0 bridgehead atoms. The van der Waals surface area contributed by atoms with Gasteiger partial charge in [-0.05, 0) is 80.1 Å². The average molecular weight is 569 g/mol. The molecule has 1 heterocycles. The van der Waals surface area contributed by atoms with E-state index in [2.05, 4.69) is 12.1 Å². The van der Waals surface area contributed by atoms with Gasteiger partial charge in [0.1, 0.15) is 11.6 Å². The molecule has 2 aliphatic rings. The third-order valence-corrected chi connectivity index (χ3v) is 8.84. The number of halogens is 1. The summed E-state index contributed by atoms with van der Waals surface area (Å²) in [6.07, 6.45) is 1.53. The lowest BCUT2D eigenvalue weighted by atomic mass is 9.73. The van der Waals surface area contributed by atoms with E-state index in [4.69, 9.17) is 5.73 Å². The summed E-state index contributed by atoms with van der Waals surface area (Å²) in [4.78, 5) is 27.4. The SMILES string of the molecule is Cc1cc(CSc2ccc(F)cc2)c(C)c(C2C(C#N)=C(N)N(c3cc([N+](=O)[O-])ccc3C)C3=C2C(=O)CCC3)c1. The second-order valence-electron chi connectivity index (χ2n) is 10.4. The first-order valence-electron chi connectivity index (χ1n) is 13.3. The van der Waals surface area contributed by atoms with Crippen molar-refractivity contribution < 1.29 is 14.1 Å². The van der Waals surface area contributed by atoms with E-state index in [-0.39, 0.29) is 28.7 Å². The van der Waals surface area contributed by atoms with Crippen molar-refractivity contribution in [2.75, 3.05) is 4.90 Å². The van der Waals surface area contributed by atoms with Gasteiger partial charge < -0.3 is 5.73 Å². The van der Waals surface area contributed by atoms with Crippen LogP contribution in [0.5, 0.6) is 0 Å². The van der Waals surface area contributed by atoms with Crippen molar-refractivity contribution in [1.82, 2.24) is 0 Å². The fourth-order valence-electron chi connectivity index (χ4n) is 5.73. The lowest BCUT2D eigenvalue weighted by Gasteiger charge is -2.40. The summed E-state index contributed by atoms with van der Waals surface area (Å²) in [5.41, 5.74) is 13.2. The first-order chi connectivity index (χ1) is 19.6. The van der Waals surface area contributed by atoms with E-state index in [1.165, 1.54) is 24.3 Å². The molecule has 208 valence electrons. The lowest BCUT2D eigenvalue weighted by Crippen LogP contribution is -2.39. The number of benzene rings is 3. The number of nitriles is 1. The smallest absolute Gasteiger partial charge is 0.271 e. The Morgan fingerprint density at radius 1 is 1.12 bits per heavy atom. The Kier molecular flexibility index (Phi) is 7.70. The fraction of sp³-hybridized carbons (Fsp3) is 0.250. The highest BCUT2D eigenvalue weighted by Gasteiger charge is 2.41. The molecule has 5 rings (SSSR count). The Bertz CT molecular complexity index is 1690. The highest BCUT2D eigenvalue weighted by Crippen LogP contribution is 2.48. The number of nitro benzene ring substituents is 1. The van der Waals surface area contributed by atoms with Crippen LogP contribution in [0.4, 0.5) is 15.8 Å². The summed E-state index contributed by atoms with van der Waals surface area (Å²) in [5.74, 6) is -0.179. The van der Waals surface area contributed by atoms with Gasteiger partial charge in [-0.25, -0.2) is 4.39 Å². The monoisotopic (exact) mass is 568 g/mol. The predicted molar refractivity (Wildman–Crippen MR) is 158 cm³/mol. The van der Waals surface area contributed by atoms with E-state index >= 15 is 0 Å². The predicted octanol–water partition coefficient (Wildman–Crippen LogP) is 7.26. The lowest BCUT2D eigenvalue weighted by molar-refractivity contribution is -0.384. The third-order valence-electron chi connectivity index (χ3n) is 7.78. The van der Waals surface area contributed by atoms with Gasteiger partial charge in [0, 0.05) is 40.5 Å². The molecule has 0 aromatic heterocycles. The molecule has 0 radical (unpaired) electrons. The molecule has 1 aliphatic heterocycles. The highest BCUT2D eigenvalue weighted by molar-refractivity contribution is 7.98. The summed E-state index contributed by atoms with van der Waals surface area (Å²) in [7, 11) is 0. The molecule has 3 aromatic carbocycles. The number of aryl methyl sites for hydroxylation is 2. The van der Waals surface area contributed by atoms with E-state index in [1.807, 2.05) is 26.8 Å². The van der Waals surface area contributed by atoms with Gasteiger partial charge in [0.2, 0.25) is 0 Å². The molecule has 0 spiro atoms. The van der Waals surface area contributed by atoms with Crippen LogP contribution in [0.1, 0.15) is 53.0 Å². The number of nitro groups is 1. The number of hydrogen-bond donors (Lipinski definition) is 1. The molecule has 2 N–H and O–H groups in total. The van der Waals surface area contributed by atoms with Gasteiger partial charge in [-0.2, -0.15) is 5.26 Å². The standard InChI is InChI=1S/C32H29FN4O3S/c1-18-13-21(17-41-24-11-8-22(33)9-12-24)20(3)25(14-18)30-26(16-34)32(35)36(27-5-4-6-29(38)31(27)30)28-15-23(37(39)40)10-7-19(28)2/h7-15,30H,4-6,17,35H2,1-3H3. The van der Waals surface area contributed by atoms with Gasteiger partial charge in [0.15, 0.2) is 5.78 Å². The number of thioether (sulfide) groups is 1. The van der Waals surface area contributed by atoms with Crippen molar-refractivity contribution in [2.24, 2.45) is 5.73 Å². The van der Waals surface area contributed by atoms with Crippen molar-refractivity contribution in [3.8, 4) is 6.07 Å². The number of non-ortho nitro benzene ring substituents is 1. The van der Waals surface area contributed by atoms with Gasteiger partial charge in [-0.1, -0.05) is 23.8 Å². The Morgan fingerprint density at radius 2 is 1.85 bits per heavy atom. The quantitative estimate of drug-likeness (QED) is 0.189. The maximum atomic E-state index is 13.6. The Labute approximate surface area is 242 Å². The van der Waals surface area contributed by atoms with Crippen LogP contribution in [0.25, 0.3) is 0 Å². The minimum atomic E-state index is -0.646. The molecule has 1 unspecified atom stereocenters. The number of nitrogens with two attached hydrogens (primary N) is 1. The van der Waals surface area contributed by atoms with Crippen molar-refractivity contribution in [3.63, 3.8) is 0 Å². The minimum Gasteiger partial charge on any atom is -0.384 e. The zero-order chi connectivity index (χ0) is 29.4. The highest BCUT2D eigenvalue weighted by atomic mass is 32.2. The summed E-state index contributed by atoms with van der Waals surface area (Å²) >= 11 is 1.58.